The van der Waals surface area contributed by atoms with Gasteiger partial charge in [-0.25, -0.2) is 4.98 Å². The number of aromatic nitrogens is 2. The molecule has 0 saturated heterocycles. The van der Waals surface area contributed by atoms with E-state index in [1.165, 1.54) is 17.3 Å². The predicted molar refractivity (Wildman–Crippen MR) is 131 cm³/mol. The van der Waals surface area contributed by atoms with E-state index in [0.29, 0.717) is 27.4 Å². The Kier molecular flexibility index (Phi) is 6.42. The molecule has 0 aliphatic carbocycles. The molecule has 3 aromatic carbocycles. The number of carbonyl (C=O) groups is 1. The fraction of sp³-hybridized carbons (Fsp3) is 0.192. The first-order valence-electron chi connectivity index (χ1n) is 10.5. The fourth-order valence-corrected chi connectivity index (χ4v) is 4.47. The van der Waals surface area contributed by atoms with Crippen LogP contribution in [0.4, 0.5) is 0 Å². The van der Waals surface area contributed by atoms with Gasteiger partial charge >= 0.3 is 0 Å². The summed E-state index contributed by atoms with van der Waals surface area (Å²) in [4.78, 5) is 32.1. The van der Waals surface area contributed by atoms with Gasteiger partial charge in [0.25, 0.3) is 11.5 Å². The van der Waals surface area contributed by atoms with Crippen LogP contribution in [0.2, 0.25) is 0 Å². The number of hydrogen-bond acceptors (Lipinski definition) is 4. The highest BCUT2D eigenvalue weighted by molar-refractivity contribution is 7.98. The van der Waals surface area contributed by atoms with Crippen LogP contribution in [0.3, 0.4) is 0 Å². The number of aryl methyl sites for hydroxylation is 1. The third kappa shape index (κ3) is 4.46. The second-order valence-electron chi connectivity index (χ2n) is 7.76. The van der Waals surface area contributed by atoms with E-state index in [4.69, 9.17) is 4.98 Å². The van der Waals surface area contributed by atoms with Crippen molar-refractivity contribution in [3.63, 3.8) is 0 Å². The second kappa shape index (κ2) is 9.40. The Morgan fingerprint density at radius 3 is 2.44 bits per heavy atom. The quantitative estimate of drug-likeness (QED) is 0.313. The Morgan fingerprint density at radius 2 is 1.72 bits per heavy atom. The molecule has 162 valence electrons. The minimum atomic E-state index is -0.0844. The van der Waals surface area contributed by atoms with Crippen LogP contribution in [0.25, 0.3) is 16.6 Å². The first-order chi connectivity index (χ1) is 15.5. The van der Waals surface area contributed by atoms with E-state index >= 15 is 0 Å². The van der Waals surface area contributed by atoms with Gasteiger partial charge in [-0.2, -0.15) is 0 Å². The summed E-state index contributed by atoms with van der Waals surface area (Å²) in [6.45, 7) is 2.11. The van der Waals surface area contributed by atoms with Crippen LogP contribution in [0, 0.1) is 0 Å². The third-order valence-electron chi connectivity index (χ3n) is 5.30. The maximum Gasteiger partial charge on any atom is 0.266 e. The molecule has 0 unspecified atom stereocenters. The van der Waals surface area contributed by atoms with E-state index in [0.717, 1.165) is 17.7 Å². The molecule has 1 heterocycles. The minimum absolute atomic E-state index is 0.0337. The number of carbonyl (C=O) groups excluding carboxylic acids is 1. The molecule has 0 spiro atoms. The molecule has 1 aromatic heterocycles. The highest BCUT2D eigenvalue weighted by Gasteiger charge is 2.14. The zero-order valence-electron chi connectivity index (χ0n) is 18.4. The van der Waals surface area contributed by atoms with E-state index in [2.05, 4.69) is 6.92 Å². The molecular formula is C26H25N3O2S. The summed E-state index contributed by atoms with van der Waals surface area (Å²) < 4.78 is 1.68. The molecule has 5 nitrogen and oxygen atoms in total. The molecule has 0 saturated carbocycles. The van der Waals surface area contributed by atoms with Crippen molar-refractivity contribution in [1.29, 1.82) is 0 Å². The molecule has 0 radical (unpaired) electrons. The van der Waals surface area contributed by atoms with Crippen LogP contribution >= 0.6 is 11.8 Å². The minimum Gasteiger partial charge on any atom is -0.345 e. The Hall–Kier alpha value is -3.38. The largest absolute Gasteiger partial charge is 0.345 e. The lowest BCUT2D eigenvalue weighted by molar-refractivity contribution is 0.0827. The van der Waals surface area contributed by atoms with Crippen molar-refractivity contribution in [3.05, 3.63) is 99.8 Å². The van der Waals surface area contributed by atoms with Crippen LogP contribution < -0.4 is 5.56 Å². The Labute approximate surface area is 191 Å². The highest BCUT2D eigenvalue weighted by Crippen LogP contribution is 2.25. The summed E-state index contributed by atoms with van der Waals surface area (Å²) in [7, 11) is 3.48. The van der Waals surface area contributed by atoms with Crippen LogP contribution in [-0.2, 0) is 12.2 Å². The molecule has 0 aliphatic rings. The van der Waals surface area contributed by atoms with Crippen molar-refractivity contribution in [2.24, 2.45) is 0 Å². The van der Waals surface area contributed by atoms with E-state index < -0.39 is 0 Å². The molecule has 4 rings (SSSR count). The number of benzene rings is 3. The summed E-state index contributed by atoms with van der Waals surface area (Å²) in [5, 5.41) is 1.22. The van der Waals surface area contributed by atoms with Crippen molar-refractivity contribution in [3.8, 4) is 5.69 Å². The second-order valence-corrected chi connectivity index (χ2v) is 8.70. The number of rotatable bonds is 6. The molecule has 0 bridgehead atoms. The monoisotopic (exact) mass is 443 g/mol. The Balaban J connectivity index is 1.74. The highest BCUT2D eigenvalue weighted by atomic mass is 32.2. The van der Waals surface area contributed by atoms with Crippen LogP contribution in [0.5, 0.6) is 0 Å². The molecule has 0 atom stereocenters. The van der Waals surface area contributed by atoms with Crippen LogP contribution in [0.1, 0.15) is 28.4 Å². The van der Waals surface area contributed by atoms with Crippen molar-refractivity contribution < 1.29 is 4.79 Å². The van der Waals surface area contributed by atoms with Gasteiger partial charge in [-0.1, -0.05) is 55.1 Å². The van der Waals surface area contributed by atoms with E-state index in [-0.39, 0.29) is 11.5 Å². The number of thioether (sulfide) groups is 1. The standard InChI is InChI=1S/C26H25N3O2S/c1-4-18-12-14-21(15-13-18)29-25(31)22-10-5-6-11-23(22)27-26(29)32-17-19-8-7-9-20(16-19)24(30)28(2)3/h5-16H,4,17H2,1-3H3. The molecule has 0 N–H and O–H groups in total. The zero-order valence-corrected chi connectivity index (χ0v) is 19.2. The number of hydrogen-bond donors (Lipinski definition) is 0. The summed E-state index contributed by atoms with van der Waals surface area (Å²) in [5.41, 5.74) is 4.25. The number of fused-ring (bicyclic) bond motifs is 1. The fourth-order valence-electron chi connectivity index (χ4n) is 3.52. The number of para-hydroxylation sites is 1. The van der Waals surface area contributed by atoms with Gasteiger partial charge in [0.15, 0.2) is 5.16 Å². The van der Waals surface area contributed by atoms with Gasteiger partial charge in [0, 0.05) is 25.4 Å². The summed E-state index contributed by atoms with van der Waals surface area (Å²) in [5.74, 6) is 0.556. The van der Waals surface area contributed by atoms with Gasteiger partial charge in [-0.05, 0) is 53.9 Å². The maximum atomic E-state index is 13.4. The zero-order chi connectivity index (χ0) is 22.7. The van der Waals surface area contributed by atoms with Crippen molar-refractivity contribution in [2.45, 2.75) is 24.3 Å². The SMILES string of the molecule is CCc1ccc(-n2c(SCc3cccc(C(=O)N(C)C)c3)nc3ccccc3c2=O)cc1. The molecule has 0 aliphatic heterocycles. The van der Waals surface area contributed by atoms with Gasteiger partial charge in [0.2, 0.25) is 0 Å². The van der Waals surface area contributed by atoms with Gasteiger partial charge in [0.1, 0.15) is 0 Å². The Morgan fingerprint density at radius 1 is 0.969 bits per heavy atom. The van der Waals surface area contributed by atoms with E-state index in [1.54, 1.807) is 23.6 Å². The van der Waals surface area contributed by atoms with Gasteiger partial charge < -0.3 is 4.90 Å². The molecule has 1 amide bonds. The summed E-state index contributed by atoms with van der Waals surface area (Å²) in [6.07, 6.45) is 0.939. The lowest BCUT2D eigenvalue weighted by atomic mass is 10.1. The van der Waals surface area contributed by atoms with Crippen molar-refractivity contribution in [2.75, 3.05) is 14.1 Å². The average molecular weight is 444 g/mol. The molecular weight excluding hydrogens is 418 g/mol. The van der Waals surface area contributed by atoms with Gasteiger partial charge in [-0.15, -0.1) is 0 Å². The normalized spacial score (nSPS) is 11.0. The first-order valence-corrected chi connectivity index (χ1v) is 11.5. The molecule has 32 heavy (non-hydrogen) atoms. The van der Waals surface area contributed by atoms with Crippen molar-refractivity contribution in [1.82, 2.24) is 14.5 Å². The lowest BCUT2D eigenvalue weighted by Crippen LogP contribution is -2.22. The van der Waals surface area contributed by atoms with Gasteiger partial charge in [-0.3, -0.25) is 14.2 Å². The lowest BCUT2D eigenvalue weighted by Gasteiger charge is -2.14. The molecule has 4 aromatic rings. The number of amides is 1. The van der Waals surface area contributed by atoms with Crippen molar-refractivity contribution >= 4 is 28.6 Å². The third-order valence-corrected chi connectivity index (χ3v) is 6.31. The molecule has 0 fully saturated rings. The average Bonchev–Trinajstić information content (AvgIpc) is 2.82. The van der Waals surface area contributed by atoms with Crippen LogP contribution in [-0.4, -0.2) is 34.5 Å². The Bertz CT molecular complexity index is 1330. The number of nitrogens with zero attached hydrogens (tertiary/aromatic N) is 3. The summed E-state index contributed by atoms with van der Waals surface area (Å²) in [6, 6.07) is 23.0. The maximum absolute atomic E-state index is 13.4. The summed E-state index contributed by atoms with van der Waals surface area (Å²) >= 11 is 1.49. The first kappa shape index (κ1) is 21.8. The van der Waals surface area contributed by atoms with E-state index in [9.17, 15) is 9.59 Å². The topological polar surface area (TPSA) is 55.2 Å². The predicted octanol–water partition coefficient (Wildman–Crippen LogP) is 4.94. The smallest absolute Gasteiger partial charge is 0.266 e. The van der Waals surface area contributed by atoms with Crippen LogP contribution in [0.15, 0.2) is 82.7 Å². The van der Waals surface area contributed by atoms with Gasteiger partial charge in [0.05, 0.1) is 16.6 Å². The van der Waals surface area contributed by atoms with E-state index in [1.807, 2.05) is 72.8 Å². The molecule has 6 heteroatoms.